The van der Waals surface area contributed by atoms with Crippen molar-refractivity contribution in [3.8, 4) is 0 Å². The molecule has 2 saturated heterocycles. The van der Waals surface area contributed by atoms with E-state index >= 15 is 0 Å². The maximum atomic E-state index is 13.8. The molecule has 8 rings (SSSR count). The summed E-state index contributed by atoms with van der Waals surface area (Å²) in [6, 6.07) is 18.6. The molecule has 1 spiro atoms. The highest BCUT2D eigenvalue weighted by Gasteiger charge is 2.72. The number of benzene rings is 2. The zero-order valence-corrected chi connectivity index (χ0v) is 28.8. The number of esters is 2. The smallest absolute Gasteiger partial charge is 0.338 e. The SMILES string of the molecule is C[C@H]1CO[C@@]2(O[C@H]3C[C@H]4[C@@H]5CC[C@H]6C[C@H](OC(=O)c7ccccc7)CC[C@]6(C)[C@H]5[C@@H](OC(=O)c5ccccc5)C[C@]4(C)[C@H]3[C@@H]2C)C(=O)C1. The zero-order chi connectivity index (χ0) is 33.4. The van der Waals surface area contributed by atoms with Crippen LogP contribution in [-0.4, -0.2) is 48.4 Å². The van der Waals surface area contributed by atoms with Gasteiger partial charge in [-0.25, -0.2) is 9.59 Å². The van der Waals surface area contributed by atoms with E-state index in [1.807, 2.05) is 60.7 Å². The van der Waals surface area contributed by atoms with Gasteiger partial charge in [0.2, 0.25) is 5.79 Å². The van der Waals surface area contributed by atoms with Crippen LogP contribution < -0.4 is 0 Å². The summed E-state index contributed by atoms with van der Waals surface area (Å²) in [4.78, 5) is 40.3. The third kappa shape index (κ3) is 4.93. The molecule has 13 atom stereocenters. The van der Waals surface area contributed by atoms with Crippen molar-refractivity contribution in [3.05, 3.63) is 71.8 Å². The lowest BCUT2D eigenvalue weighted by Gasteiger charge is -2.63. The number of carbonyl (C=O) groups excluding carboxylic acids is 3. The summed E-state index contributed by atoms with van der Waals surface area (Å²) >= 11 is 0. The van der Waals surface area contributed by atoms with Crippen LogP contribution in [0.2, 0.25) is 0 Å². The standard InChI is InChI=1S/C41H50O7/c1-24-19-34(42)41(45-23-24)25(2)35-32(48-41)21-31-30-16-15-28-20-29(46-37(43)26-11-7-5-8-12-26)17-18-39(28,3)36(30)33(22-40(31,35)4)47-38(44)27-13-9-6-10-14-27/h5-14,24-25,28-33,35-36H,15-23H2,1-4H3/t24-,25+,28+,29-,30+,31+,32+,33+,35+,36-,39+,40+,41+/m1/s1. The molecule has 6 aliphatic rings. The number of fused-ring (bicyclic) bond motifs is 7. The summed E-state index contributed by atoms with van der Waals surface area (Å²) in [7, 11) is 0. The molecule has 0 amide bonds. The van der Waals surface area contributed by atoms with Gasteiger partial charge in [-0.3, -0.25) is 4.79 Å². The van der Waals surface area contributed by atoms with Gasteiger partial charge in [0.25, 0.3) is 0 Å². The topological polar surface area (TPSA) is 88.1 Å². The van der Waals surface area contributed by atoms with Crippen LogP contribution in [0.1, 0.15) is 99.8 Å². The van der Waals surface area contributed by atoms with Gasteiger partial charge in [0.1, 0.15) is 12.2 Å². The molecule has 0 unspecified atom stereocenters. The molecule has 4 saturated carbocycles. The van der Waals surface area contributed by atoms with Crippen molar-refractivity contribution in [1.82, 2.24) is 0 Å². The van der Waals surface area contributed by atoms with E-state index in [9.17, 15) is 14.4 Å². The van der Waals surface area contributed by atoms with Crippen LogP contribution in [0.25, 0.3) is 0 Å². The quantitative estimate of drug-likeness (QED) is 0.313. The van der Waals surface area contributed by atoms with Crippen LogP contribution in [0.4, 0.5) is 0 Å². The fourth-order valence-corrected chi connectivity index (χ4v) is 12.1. The number of hydrogen-bond donors (Lipinski definition) is 0. The molecule has 0 bridgehead atoms. The molecule has 2 aromatic rings. The fraction of sp³-hybridized carbons (Fsp3) is 0.634. The van der Waals surface area contributed by atoms with Gasteiger partial charge in [-0.05, 0) is 110 Å². The monoisotopic (exact) mass is 654 g/mol. The van der Waals surface area contributed by atoms with Crippen LogP contribution in [0.3, 0.4) is 0 Å². The van der Waals surface area contributed by atoms with Crippen molar-refractivity contribution in [2.45, 2.75) is 103 Å². The summed E-state index contributed by atoms with van der Waals surface area (Å²) in [6.45, 7) is 9.59. The first kappa shape index (κ1) is 32.2. The van der Waals surface area contributed by atoms with E-state index in [4.69, 9.17) is 18.9 Å². The Hall–Kier alpha value is -3.03. The van der Waals surface area contributed by atoms with Gasteiger partial charge in [0, 0.05) is 18.3 Å². The van der Waals surface area contributed by atoms with E-state index in [1.165, 1.54) is 0 Å². The van der Waals surface area contributed by atoms with Crippen LogP contribution in [-0.2, 0) is 23.7 Å². The summed E-state index contributed by atoms with van der Waals surface area (Å²) in [5.41, 5.74) is 0.959. The number of Topliss-reactive ketones (excluding diaryl/α,β-unsaturated/α-hetero) is 1. The first-order valence-corrected chi connectivity index (χ1v) is 18.4. The molecule has 256 valence electrons. The molecule has 2 aromatic carbocycles. The van der Waals surface area contributed by atoms with E-state index in [2.05, 4.69) is 27.7 Å². The van der Waals surface area contributed by atoms with Gasteiger partial charge < -0.3 is 18.9 Å². The lowest BCUT2D eigenvalue weighted by atomic mass is 9.43. The largest absolute Gasteiger partial charge is 0.459 e. The second-order valence-electron chi connectivity index (χ2n) is 16.7. The van der Waals surface area contributed by atoms with E-state index in [0.717, 1.165) is 44.9 Å². The Morgan fingerprint density at radius 3 is 2.15 bits per heavy atom. The zero-order valence-electron chi connectivity index (χ0n) is 28.8. The highest BCUT2D eigenvalue weighted by molar-refractivity contribution is 5.90. The Balaban J connectivity index is 1.09. The van der Waals surface area contributed by atoms with Crippen LogP contribution in [0.15, 0.2) is 60.7 Å². The lowest BCUT2D eigenvalue weighted by molar-refractivity contribution is -0.253. The summed E-state index contributed by atoms with van der Waals surface area (Å²) in [5, 5.41) is 0. The van der Waals surface area contributed by atoms with Gasteiger partial charge in [-0.2, -0.15) is 0 Å². The number of ketones is 1. The van der Waals surface area contributed by atoms with E-state index in [1.54, 1.807) is 0 Å². The minimum atomic E-state index is -1.15. The van der Waals surface area contributed by atoms with Crippen LogP contribution >= 0.6 is 0 Å². The first-order valence-electron chi connectivity index (χ1n) is 18.4. The molecule has 0 aromatic heterocycles. The first-order chi connectivity index (χ1) is 23.0. The predicted molar refractivity (Wildman–Crippen MR) is 179 cm³/mol. The van der Waals surface area contributed by atoms with E-state index in [0.29, 0.717) is 41.9 Å². The third-order valence-corrected chi connectivity index (χ3v) is 14.1. The molecule has 7 nitrogen and oxygen atoms in total. The molecule has 4 aliphatic carbocycles. The van der Waals surface area contributed by atoms with Gasteiger partial charge >= 0.3 is 11.9 Å². The number of hydrogen-bond acceptors (Lipinski definition) is 7. The minimum Gasteiger partial charge on any atom is -0.459 e. The Bertz CT molecular complexity index is 1560. The number of rotatable bonds is 4. The normalized spacial score (nSPS) is 44.6. The van der Waals surface area contributed by atoms with Crippen molar-refractivity contribution >= 4 is 17.7 Å². The second-order valence-corrected chi connectivity index (χ2v) is 16.7. The van der Waals surface area contributed by atoms with Crippen molar-refractivity contribution in [2.75, 3.05) is 6.61 Å². The van der Waals surface area contributed by atoms with Crippen molar-refractivity contribution < 1.29 is 33.3 Å². The molecule has 2 heterocycles. The molecular formula is C41H50O7. The van der Waals surface area contributed by atoms with Gasteiger partial charge in [0.05, 0.1) is 23.8 Å². The molecule has 0 N–H and O–H groups in total. The second kappa shape index (κ2) is 11.8. The maximum absolute atomic E-state index is 13.8. The molecule has 6 fully saturated rings. The third-order valence-electron chi connectivity index (χ3n) is 14.1. The Kier molecular flexibility index (Phi) is 7.91. The molecular weight excluding hydrogens is 604 g/mol. The molecule has 48 heavy (non-hydrogen) atoms. The highest BCUT2D eigenvalue weighted by atomic mass is 16.7. The Labute approximate surface area is 284 Å². The average molecular weight is 655 g/mol. The van der Waals surface area contributed by atoms with Crippen LogP contribution in [0.5, 0.6) is 0 Å². The van der Waals surface area contributed by atoms with Gasteiger partial charge in [-0.1, -0.05) is 64.1 Å². The lowest BCUT2D eigenvalue weighted by Crippen LogP contribution is -2.61. The van der Waals surface area contributed by atoms with Crippen LogP contribution in [0, 0.1) is 52.3 Å². The average Bonchev–Trinajstić information content (AvgIpc) is 3.53. The number of carbonyl (C=O) groups is 3. The van der Waals surface area contributed by atoms with Crippen molar-refractivity contribution in [2.24, 2.45) is 52.3 Å². The predicted octanol–water partition coefficient (Wildman–Crippen LogP) is 7.67. The number of ether oxygens (including phenoxy) is 4. The maximum Gasteiger partial charge on any atom is 0.338 e. The molecule has 7 heteroatoms. The van der Waals surface area contributed by atoms with E-state index in [-0.39, 0.29) is 70.5 Å². The summed E-state index contributed by atoms with van der Waals surface area (Å²) in [5.74, 6) is 0.0624. The highest BCUT2D eigenvalue weighted by Crippen LogP contribution is 2.71. The molecule has 2 aliphatic heterocycles. The molecule has 0 radical (unpaired) electrons. The summed E-state index contributed by atoms with van der Waals surface area (Å²) in [6.07, 6.45) is 6.44. The fourth-order valence-electron chi connectivity index (χ4n) is 12.1. The Morgan fingerprint density at radius 2 is 1.48 bits per heavy atom. The van der Waals surface area contributed by atoms with Gasteiger partial charge in [0.15, 0.2) is 5.78 Å². The van der Waals surface area contributed by atoms with Crippen molar-refractivity contribution in [1.29, 1.82) is 0 Å². The summed E-state index contributed by atoms with van der Waals surface area (Å²) < 4.78 is 25.9. The Morgan fingerprint density at radius 1 is 0.812 bits per heavy atom. The minimum absolute atomic E-state index is 0.0461. The van der Waals surface area contributed by atoms with E-state index < -0.39 is 5.79 Å². The van der Waals surface area contributed by atoms with Gasteiger partial charge in [-0.15, -0.1) is 0 Å². The van der Waals surface area contributed by atoms with Crippen molar-refractivity contribution in [3.63, 3.8) is 0 Å².